The van der Waals surface area contributed by atoms with Crippen molar-refractivity contribution in [3.63, 3.8) is 0 Å². The van der Waals surface area contributed by atoms with Crippen molar-refractivity contribution >= 4 is 22.6 Å². The summed E-state index contributed by atoms with van der Waals surface area (Å²) in [5.74, 6) is 0.991. The molecule has 1 amide bonds. The molecule has 0 aliphatic carbocycles. The standard InChI is InChI=1S/C23H24N2O3/c1-16(26)18-5-4-6-19(13-18)28-15-23(27)25-11-9-17(10-12-25)21-14-24-22-8-3-2-7-20(21)22/h2-8,13-14,17,24H,9-12,15H2,1H3. The van der Waals surface area contributed by atoms with Gasteiger partial charge >= 0.3 is 0 Å². The number of amides is 1. The van der Waals surface area contributed by atoms with E-state index in [2.05, 4.69) is 29.4 Å². The van der Waals surface area contributed by atoms with Gasteiger partial charge in [-0.2, -0.15) is 0 Å². The van der Waals surface area contributed by atoms with Crippen LogP contribution in [0.2, 0.25) is 0 Å². The second-order valence-corrected chi connectivity index (χ2v) is 7.32. The first-order valence-corrected chi connectivity index (χ1v) is 9.69. The van der Waals surface area contributed by atoms with Crippen LogP contribution in [0.3, 0.4) is 0 Å². The van der Waals surface area contributed by atoms with Crippen LogP contribution >= 0.6 is 0 Å². The fourth-order valence-corrected chi connectivity index (χ4v) is 3.91. The number of H-pyrrole nitrogens is 1. The van der Waals surface area contributed by atoms with Crippen molar-refractivity contribution in [3.8, 4) is 5.75 Å². The number of aromatic amines is 1. The van der Waals surface area contributed by atoms with Crippen LogP contribution in [0.25, 0.3) is 10.9 Å². The SMILES string of the molecule is CC(=O)c1cccc(OCC(=O)N2CCC(c3c[nH]c4ccccc34)CC2)c1. The lowest BCUT2D eigenvalue weighted by Crippen LogP contribution is -2.40. The summed E-state index contributed by atoms with van der Waals surface area (Å²) in [7, 11) is 0. The van der Waals surface area contributed by atoms with E-state index in [-0.39, 0.29) is 18.3 Å². The number of fused-ring (bicyclic) bond motifs is 1. The van der Waals surface area contributed by atoms with Gasteiger partial charge in [-0.15, -0.1) is 0 Å². The highest BCUT2D eigenvalue weighted by atomic mass is 16.5. The normalized spacial score (nSPS) is 15.0. The molecule has 2 heterocycles. The first-order valence-electron chi connectivity index (χ1n) is 9.69. The van der Waals surface area contributed by atoms with E-state index in [1.807, 2.05) is 11.0 Å². The number of ketones is 1. The van der Waals surface area contributed by atoms with Gasteiger partial charge in [-0.05, 0) is 49.4 Å². The third-order valence-electron chi connectivity index (χ3n) is 5.51. The van der Waals surface area contributed by atoms with Gasteiger partial charge in [0.15, 0.2) is 12.4 Å². The number of carbonyl (C=O) groups excluding carboxylic acids is 2. The maximum atomic E-state index is 12.5. The zero-order valence-electron chi connectivity index (χ0n) is 16.0. The molecule has 28 heavy (non-hydrogen) atoms. The van der Waals surface area contributed by atoms with Crippen molar-refractivity contribution < 1.29 is 14.3 Å². The van der Waals surface area contributed by atoms with E-state index in [1.165, 1.54) is 17.9 Å². The first kappa shape index (κ1) is 18.3. The van der Waals surface area contributed by atoms with Crippen LogP contribution < -0.4 is 4.74 Å². The van der Waals surface area contributed by atoms with Gasteiger partial charge in [0.25, 0.3) is 5.91 Å². The number of para-hydroxylation sites is 1. The van der Waals surface area contributed by atoms with Crippen molar-refractivity contribution in [2.24, 2.45) is 0 Å². The van der Waals surface area contributed by atoms with Gasteiger partial charge < -0.3 is 14.6 Å². The molecule has 0 spiro atoms. The van der Waals surface area contributed by atoms with Crippen LogP contribution in [-0.2, 0) is 4.79 Å². The first-order chi connectivity index (χ1) is 13.6. The molecule has 4 rings (SSSR count). The number of piperidine rings is 1. The van der Waals surface area contributed by atoms with Gasteiger partial charge in [0.05, 0.1) is 0 Å². The highest BCUT2D eigenvalue weighted by Gasteiger charge is 2.25. The third kappa shape index (κ3) is 3.79. The molecule has 1 aromatic heterocycles. The number of hydrogen-bond acceptors (Lipinski definition) is 3. The lowest BCUT2D eigenvalue weighted by molar-refractivity contribution is -0.134. The van der Waals surface area contributed by atoms with E-state index < -0.39 is 0 Å². The van der Waals surface area contributed by atoms with Crippen molar-refractivity contribution in [1.82, 2.24) is 9.88 Å². The molecule has 0 radical (unpaired) electrons. The molecule has 1 aliphatic heterocycles. The van der Waals surface area contributed by atoms with Crippen LogP contribution in [0, 0.1) is 0 Å². The molecule has 1 fully saturated rings. The fraction of sp³-hybridized carbons (Fsp3) is 0.304. The summed E-state index contributed by atoms with van der Waals surface area (Å²) in [5, 5.41) is 1.28. The Morgan fingerprint density at radius 2 is 1.89 bits per heavy atom. The summed E-state index contributed by atoms with van der Waals surface area (Å²) in [6.45, 7) is 2.99. The fourth-order valence-electron chi connectivity index (χ4n) is 3.91. The lowest BCUT2D eigenvalue weighted by atomic mass is 9.89. The number of likely N-dealkylation sites (tertiary alicyclic amines) is 1. The van der Waals surface area contributed by atoms with Crippen LogP contribution in [-0.4, -0.2) is 41.3 Å². The van der Waals surface area contributed by atoms with Gasteiger partial charge in [-0.1, -0.05) is 30.3 Å². The monoisotopic (exact) mass is 376 g/mol. The highest BCUT2D eigenvalue weighted by molar-refractivity contribution is 5.94. The summed E-state index contributed by atoms with van der Waals surface area (Å²) in [6, 6.07) is 15.3. The predicted molar refractivity (Wildman–Crippen MR) is 109 cm³/mol. The van der Waals surface area contributed by atoms with Crippen molar-refractivity contribution in [2.45, 2.75) is 25.7 Å². The van der Waals surface area contributed by atoms with Gasteiger partial charge in [0.2, 0.25) is 0 Å². The maximum Gasteiger partial charge on any atom is 0.260 e. The van der Waals surface area contributed by atoms with E-state index in [0.29, 0.717) is 17.2 Å². The Kier molecular flexibility index (Phi) is 5.15. The van der Waals surface area contributed by atoms with Crippen LogP contribution in [0.5, 0.6) is 5.75 Å². The number of hydrogen-bond donors (Lipinski definition) is 1. The number of Topliss-reactive ketones (excluding diaryl/α,β-unsaturated/α-hetero) is 1. The van der Waals surface area contributed by atoms with E-state index in [9.17, 15) is 9.59 Å². The molecule has 0 atom stereocenters. The molecule has 5 heteroatoms. The van der Waals surface area contributed by atoms with Gasteiger partial charge in [-0.3, -0.25) is 9.59 Å². The Morgan fingerprint density at radius 1 is 1.11 bits per heavy atom. The highest BCUT2D eigenvalue weighted by Crippen LogP contribution is 2.33. The second-order valence-electron chi connectivity index (χ2n) is 7.32. The molecule has 2 aromatic carbocycles. The molecule has 1 N–H and O–H groups in total. The van der Waals surface area contributed by atoms with Crippen molar-refractivity contribution in [2.75, 3.05) is 19.7 Å². The van der Waals surface area contributed by atoms with E-state index in [4.69, 9.17) is 4.74 Å². The molecule has 1 aliphatic rings. The van der Waals surface area contributed by atoms with Gasteiger partial charge in [0.1, 0.15) is 5.75 Å². The Bertz CT molecular complexity index is 1000. The Morgan fingerprint density at radius 3 is 2.68 bits per heavy atom. The largest absolute Gasteiger partial charge is 0.484 e. The number of nitrogens with zero attached hydrogens (tertiary/aromatic N) is 1. The number of aromatic nitrogens is 1. The summed E-state index contributed by atoms with van der Waals surface area (Å²) in [6.07, 6.45) is 4.01. The van der Waals surface area contributed by atoms with Crippen molar-refractivity contribution in [3.05, 3.63) is 65.9 Å². The molecular formula is C23H24N2O3. The molecule has 0 saturated carbocycles. The number of benzene rings is 2. The lowest BCUT2D eigenvalue weighted by Gasteiger charge is -2.32. The van der Waals surface area contributed by atoms with Crippen LogP contribution in [0.4, 0.5) is 0 Å². The van der Waals surface area contributed by atoms with Crippen LogP contribution in [0.1, 0.15) is 41.6 Å². The smallest absolute Gasteiger partial charge is 0.260 e. The Hall–Kier alpha value is -3.08. The van der Waals surface area contributed by atoms with E-state index in [1.54, 1.807) is 24.3 Å². The zero-order chi connectivity index (χ0) is 19.5. The summed E-state index contributed by atoms with van der Waals surface area (Å²) in [5.41, 5.74) is 3.10. The molecule has 0 bridgehead atoms. The van der Waals surface area contributed by atoms with Crippen molar-refractivity contribution in [1.29, 1.82) is 0 Å². The quantitative estimate of drug-likeness (QED) is 0.680. The minimum absolute atomic E-state index is 0.000883. The Labute approximate surface area is 164 Å². The molecule has 0 unspecified atom stereocenters. The third-order valence-corrected chi connectivity index (χ3v) is 5.51. The molecular weight excluding hydrogens is 352 g/mol. The topological polar surface area (TPSA) is 62.4 Å². The number of rotatable bonds is 5. The molecule has 1 saturated heterocycles. The average molecular weight is 376 g/mol. The summed E-state index contributed by atoms with van der Waals surface area (Å²) in [4.78, 5) is 29.2. The number of ether oxygens (including phenoxy) is 1. The minimum Gasteiger partial charge on any atom is -0.484 e. The number of nitrogens with one attached hydrogen (secondary N) is 1. The average Bonchev–Trinajstić information content (AvgIpc) is 3.16. The minimum atomic E-state index is -0.0175. The molecule has 144 valence electrons. The molecule has 3 aromatic rings. The van der Waals surface area contributed by atoms with E-state index in [0.717, 1.165) is 31.4 Å². The van der Waals surface area contributed by atoms with Crippen LogP contribution in [0.15, 0.2) is 54.7 Å². The molecule has 5 nitrogen and oxygen atoms in total. The maximum absolute atomic E-state index is 12.5. The summed E-state index contributed by atoms with van der Waals surface area (Å²) >= 11 is 0. The summed E-state index contributed by atoms with van der Waals surface area (Å²) < 4.78 is 5.62. The second kappa shape index (κ2) is 7.89. The zero-order valence-corrected chi connectivity index (χ0v) is 16.0. The van der Waals surface area contributed by atoms with Gasteiger partial charge in [-0.25, -0.2) is 0 Å². The Balaban J connectivity index is 1.33. The predicted octanol–water partition coefficient (Wildman–Crippen LogP) is 4.16. The number of carbonyl (C=O) groups is 2. The van der Waals surface area contributed by atoms with Gasteiger partial charge in [0, 0.05) is 35.8 Å². The van der Waals surface area contributed by atoms with E-state index >= 15 is 0 Å².